The van der Waals surface area contributed by atoms with E-state index in [0.717, 1.165) is 27.7 Å². The van der Waals surface area contributed by atoms with E-state index in [2.05, 4.69) is 32.7 Å². The first-order valence-corrected chi connectivity index (χ1v) is 12.6. The van der Waals surface area contributed by atoms with E-state index < -0.39 is 12.2 Å². The normalized spacial score (nSPS) is 22.2. The van der Waals surface area contributed by atoms with Crippen molar-refractivity contribution < 1.29 is 19.0 Å². The number of carbonyl (C=O) groups excluding carboxylic acids is 1. The number of hydrogen-bond donors (Lipinski definition) is 2. The molecule has 4 aromatic rings. The van der Waals surface area contributed by atoms with Crippen molar-refractivity contribution in [1.82, 2.24) is 9.97 Å². The van der Waals surface area contributed by atoms with Crippen LogP contribution in [0.25, 0.3) is 22.0 Å². The third-order valence-corrected chi connectivity index (χ3v) is 6.94. The fraction of sp³-hybridized carbons (Fsp3) is 0.276. The minimum Gasteiger partial charge on any atom is -0.441 e. The zero-order valence-electron chi connectivity index (χ0n) is 21.2. The molecule has 2 aliphatic rings. The number of benzene rings is 3. The van der Waals surface area contributed by atoms with Crippen molar-refractivity contribution in [2.45, 2.75) is 24.4 Å². The highest BCUT2D eigenvalue weighted by atomic mass is 16.6. The lowest BCUT2D eigenvalue weighted by Crippen LogP contribution is -2.38. The van der Waals surface area contributed by atoms with Crippen LogP contribution in [0.1, 0.15) is 0 Å². The van der Waals surface area contributed by atoms with E-state index in [-0.39, 0.29) is 24.9 Å². The van der Waals surface area contributed by atoms with E-state index in [1.54, 1.807) is 6.20 Å². The number of nitrogens with one attached hydrogen (secondary N) is 2. The van der Waals surface area contributed by atoms with Crippen LogP contribution in [0.5, 0.6) is 0 Å². The minimum absolute atomic E-state index is 0.166. The van der Waals surface area contributed by atoms with Gasteiger partial charge < -0.3 is 24.4 Å². The number of ether oxygens (including phenoxy) is 3. The highest BCUT2D eigenvalue weighted by Gasteiger charge is 2.49. The van der Waals surface area contributed by atoms with Crippen LogP contribution in [-0.2, 0) is 14.2 Å². The molecule has 1 aromatic heterocycles. The zero-order valence-corrected chi connectivity index (χ0v) is 21.2. The van der Waals surface area contributed by atoms with Gasteiger partial charge in [0, 0.05) is 36.9 Å². The van der Waals surface area contributed by atoms with Gasteiger partial charge in [0.25, 0.3) is 0 Å². The highest BCUT2D eigenvalue weighted by Crippen LogP contribution is 2.31. The average Bonchev–Trinajstić information content (AvgIpc) is 3.52. The Kier molecular flexibility index (Phi) is 6.53. The van der Waals surface area contributed by atoms with Gasteiger partial charge >= 0.3 is 6.09 Å². The summed E-state index contributed by atoms with van der Waals surface area (Å²) in [7, 11) is 4.02. The third-order valence-electron chi connectivity index (χ3n) is 6.94. The summed E-state index contributed by atoms with van der Waals surface area (Å²) in [6.07, 6.45) is 0.0392. The number of hydrogen-bond acceptors (Lipinski definition) is 8. The molecule has 9 heteroatoms. The molecule has 0 bridgehead atoms. The maximum Gasteiger partial charge on any atom is 0.412 e. The Labute approximate surface area is 220 Å². The summed E-state index contributed by atoms with van der Waals surface area (Å²) in [4.78, 5) is 23.9. The largest absolute Gasteiger partial charge is 0.441 e. The number of anilines is 3. The van der Waals surface area contributed by atoms with Crippen LogP contribution in [0.3, 0.4) is 0 Å². The molecule has 3 aromatic carbocycles. The van der Waals surface area contributed by atoms with Crippen LogP contribution in [0, 0.1) is 0 Å². The summed E-state index contributed by atoms with van der Waals surface area (Å²) >= 11 is 0. The van der Waals surface area contributed by atoms with Gasteiger partial charge in [-0.25, -0.2) is 14.8 Å². The number of fused-ring (bicyclic) bond motifs is 2. The monoisotopic (exact) mass is 511 g/mol. The summed E-state index contributed by atoms with van der Waals surface area (Å²) in [5, 5.41) is 8.20. The van der Waals surface area contributed by atoms with Gasteiger partial charge in [0.05, 0.1) is 30.6 Å². The first-order chi connectivity index (χ1) is 18.5. The smallest absolute Gasteiger partial charge is 0.412 e. The van der Waals surface area contributed by atoms with Crippen LogP contribution in [0.2, 0.25) is 0 Å². The Balaban J connectivity index is 1.08. The van der Waals surface area contributed by atoms with Gasteiger partial charge in [0.1, 0.15) is 12.2 Å². The zero-order chi connectivity index (χ0) is 26.1. The Morgan fingerprint density at radius 3 is 2.58 bits per heavy atom. The summed E-state index contributed by atoms with van der Waals surface area (Å²) in [6.45, 7) is 0.654. The molecule has 0 unspecified atom stereocenters. The van der Waals surface area contributed by atoms with Gasteiger partial charge in [0.15, 0.2) is 6.10 Å². The molecule has 0 radical (unpaired) electrons. The number of carbonyl (C=O) groups is 1. The molecule has 0 spiro atoms. The van der Waals surface area contributed by atoms with Crippen molar-refractivity contribution in [1.29, 1.82) is 0 Å². The average molecular weight is 512 g/mol. The molecule has 2 fully saturated rings. The fourth-order valence-corrected chi connectivity index (χ4v) is 4.99. The molecule has 0 aliphatic carbocycles. The van der Waals surface area contributed by atoms with E-state index in [4.69, 9.17) is 19.2 Å². The second-order valence-corrected chi connectivity index (χ2v) is 9.65. The summed E-state index contributed by atoms with van der Waals surface area (Å²) in [6, 6.07) is 23.5. The molecule has 38 heavy (non-hydrogen) atoms. The van der Waals surface area contributed by atoms with Gasteiger partial charge in [-0.15, -0.1) is 0 Å². The van der Waals surface area contributed by atoms with Crippen molar-refractivity contribution in [2.24, 2.45) is 0 Å². The van der Waals surface area contributed by atoms with Crippen molar-refractivity contribution in [3.8, 4) is 11.3 Å². The number of rotatable bonds is 6. The summed E-state index contributed by atoms with van der Waals surface area (Å²) in [5.41, 5.74) is 3.64. The molecule has 4 atom stereocenters. The Bertz CT molecular complexity index is 1440. The standard InChI is InChI=1S/C29H29N5O4/c1-34(2)20-12-10-19(11-13-20)22-14-15-30-28(31-22)32-24-16-36-27-25(17-37-26(24)27)38-29(35)33-23-9-5-7-18-6-3-4-8-21(18)23/h3-15,24-27H,16-17H2,1-2H3,(H,33,35)(H,30,31,32)/t24-,25+,26+,27+/m0/s1. The first kappa shape index (κ1) is 24.1. The molecule has 9 nitrogen and oxygen atoms in total. The number of nitrogens with zero attached hydrogens (tertiary/aromatic N) is 3. The molecule has 6 rings (SSSR count). The molecule has 2 saturated heterocycles. The lowest BCUT2D eigenvalue weighted by Gasteiger charge is -2.18. The van der Waals surface area contributed by atoms with Gasteiger partial charge in [-0.1, -0.05) is 48.5 Å². The Hall–Kier alpha value is -4.21. The van der Waals surface area contributed by atoms with Gasteiger partial charge in [-0.05, 0) is 29.7 Å². The molecule has 3 heterocycles. The predicted molar refractivity (Wildman–Crippen MR) is 147 cm³/mol. The molecule has 2 N–H and O–H groups in total. The lowest BCUT2D eigenvalue weighted by molar-refractivity contribution is 0.00917. The van der Waals surface area contributed by atoms with Crippen molar-refractivity contribution in [3.63, 3.8) is 0 Å². The maximum absolute atomic E-state index is 12.7. The van der Waals surface area contributed by atoms with Gasteiger partial charge in [-0.3, -0.25) is 5.32 Å². The van der Waals surface area contributed by atoms with E-state index >= 15 is 0 Å². The molecular formula is C29H29N5O4. The lowest BCUT2D eigenvalue weighted by atomic mass is 10.1. The second-order valence-electron chi connectivity index (χ2n) is 9.65. The van der Waals surface area contributed by atoms with Crippen LogP contribution < -0.4 is 15.5 Å². The van der Waals surface area contributed by atoms with Crippen LogP contribution in [0.4, 0.5) is 22.1 Å². The first-order valence-electron chi connectivity index (χ1n) is 12.6. The quantitative estimate of drug-likeness (QED) is 0.389. The molecule has 0 saturated carbocycles. The van der Waals surface area contributed by atoms with Gasteiger partial charge in [0.2, 0.25) is 5.95 Å². The third kappa shape index (κ3) is 4.85. The van der Waals surface area contributed by atoms with E-state index in [1.165, 1.54) is 0 Å². The minimum atomic E-state index is -0.535. The maximum atomic E-state index is 12.7. The van der Waals surface area contributed by atoms with Crippen molar-refractivity contribution in [3.05, 3.63) is 79.0 Å². The van der Waals surface area contributed by atoms with Crippen LogP contribution >= 0.6 is 0 Å². The molecular weight excluding hydrogens is 482 g/mol. The number of amides is 1. The summed E-state index contributed by atoms with van der Waals surface area (Å²) in [5.74, 6) is 0.495. The second kappa shape index (κ2) is 10.3. The van der Waals surface area contributed by atoms with Crippen LogP contribution in [-0.4, -0.2) is 67.7 Å². The predicted octanol–water partition coefficient (Wildman–Crippen LogP) is 4.56. The van der Waals surface area contributed by atoms with Crippen LogP contribution in [0.15, 0.2) is 79.0 Å². The highest BCUT2D eigenvalue weighted by molar-refractivity contribution is 6.00. The Morgan fingerprint density at radius 1 is 0.947 bits per heavy atom. The SMILES string of the molecule is CN(C)c1ccc(-c2ccnc(N[C@H]3CO[C@H]4[C@@H]3OC[C@H]4OC(=O)Nc3cccc4ccccc34)n2)cc1. The molecule has 1 amide bonds. The topological polar surface area (TPSA) is 97.8 Å². The van der Waals surface area contributed by atoms with Crippen molar-refractivity contribution >= 4 is 34.2 Å². The Morgan fingerprint density at radius 2 is 1.74 bits per heavy atom. The van der Waals surface area contributed by atoms with E-state index in [0.29, 0.717) is 18.2 Å². The fourth-order valence-electron chi connectivity index (χ4n) is 4.99. The summed E-state index contributed by atoms with van der Waals surface area (Å²) < 4.78 is 17.7. The molecule has 2 aliphatic heterocycles. The van der Waals surface area contributed by atoms with Crippen molar-refractivity contribution in [2.75, 3.05) is 42.8 Å². The molecule has 194 valence electrons. The van der Waals surface area contributed by atoms with E-state index in [9.17, 15) is 4.79 Å². The van der Waals surface area contributed by atoms with E-state index in [1.807, 2.05) is 74.8 Å². The number of aromatic nitrogens is 2. The van der Waals surface area contributed by atoms with Gasteiger partial charge in [-0.2, -0.15) is 0 Å².